The van der Waals surface area contributed by atoms with Crippen molar-refractivity contribution in [1.82, 2.24) is 0 Å². The fourth-order valence-electron chi connectivity index (χ4n) is 2.66. The highest BCUT2D eigenvalue weighted by Gasteiger charge is 2.37. The molecule has 1 saturated heterocycles. The Labute approximate surface area is 155 Å². The summed E-state index contributed by atoms with van der Waals surface area (Å²) in [6.07, 6.45) is 1.63. The summed E-state index contributed by atoms with van der Waals surface area (Å²) in [6.45, 7) is 0. The van der Waals surface area contributed by atoms with Crippen molar-refractivity contribution < 1.29 is 23.8 Å². The van der Waals surface area contributed by atoms with E-state index in [2.05, 4.69) is 0 Å². The normalized spacial score (nSPS) is 15.5. The average molecular weight is 371 g/mol. The van der Waals surface area contributed by atoms with Crippen molar-refractivity contribution in [1.29, 1.82) is 0 Å². The van der Waals surface area contributed by atoms with Gasteiger partial charge in [0.05, 0.1) is 31.9 Å². The number of imide groups is 1. The molecule has 1 aliphatic rings. The Hall–Kier alpha value is -2.93. The van der Waals surface area contributed by atoms with Crippen molar-refractivity contribution in [2.75, 3.05) is 26.2 Å². The molecule has 2 aromatic rings. The van der Waals surface area contributed by atoms with Gasteiger partial charge in [-0.15, -0.1) is 0 Å². The Balaban J connectivity index is 2.01. The summed E-state index contributed by atoms with van der Waals surface area (Å²) in [7, 11) is 4.56. The zero-order valence-corrected chi connectivity index (χ0v) is 15.3. The van der Waals surface area contributed by atoms with Crippen LogP contribution in [0.25, 0.3) is 6.08 Å². The van der Waals surface area contributed by atoms with Crippen LogP contribution < -0.4 is 19.1 Å². The lowest BCUT2D eigenvalue weighted by atomic mass is 10.1. The molecule has 0 bridgehead atoms. The molecule has 0 radical (unpaired) electrons. The number of carbonyl (C=O) groups excluding carboxylic acids is 2. The molecule has 2 aromatic carbocycles. The van der Waals surface area contributed by atoms with Gasteiger partial charge in [0.15, 0.2) is 11.5 Å². The number of carbonyl (C=O) groups is 2. The van der Waals surface area contributed by atoms with Gasteiger partial charge in [-0.3, -0.25) is 9.59 Å². The molecule has 0 N–H and O–H groups in total. The van der Waals surface area contributed by atoms with E-state index in [1.54, 1.807) is 48.5 Å². The van der Waals surface area contributed by atoms with Crippen molar-refractivity contribution in [3.63, 3.8) is 0 Å². The molecular formula is C19H17NO5S. The molecule has 26 heavy (non-hydrogen) atoms. The van der Waals surface area contributed by atoms with Crippen molar-refractivity contribution >= 4 is 34.7 Å². The number of methoxy groups -OCH3 is 3. The average Bonchev–Trinajstić information content (AvgIpc) is 2.94. The molecule has 0 unspecified atom stereocenters. The molecule has 1 fully saturated rings. The van der Waals surface area contributed by atoms with Crippen LogP contribution in [0.1, 0.15) is 5.56 Å². The Kier molecular flexibility index (Phi) is 5.18. The van der Waals surface area contributed by atoms with Crippen LogP contribution >= 0.6 is 11.8 Å². The van der Waals surface area contributed by atoms with Gasteiger partial charge in [0.25, 0.3) is 11.1 Å². The molecule has 134 valence electrons. The fraction of sp³-hybridized carbons (Fsp3) is 0.158. The standard InChI is InChI=1S/C19H17NO5S/c1-23-14-9-5-4-8-13(14)20-18(21)16(26-19(20)22)11-12-7-6-10-15(24-2)17(12)25-3/h4-11H,1-3H3. The van der Waals surface area contributed by atoms with E-state index in [4.69, 9.17) is 14.2 Å². The van der Waals surface area contributed by atoms with Crippen molar-refractivity contribution in [3.05, 3.63) is 52.9 Å². The first-order valence-corrected chi connectivity index (χ1v) is 8.54. The molecule has 6 nitrogen and oxygen atoms in total. The number of anilines is 1. The molecule has 1 aliphatic heterocycles. The predicted molar refractivity (Wildman–Crippen MR) is 101 cm³/mol. The summed E-state index contributed by atoms with van der Waals surface area (Å²) in [6, 6.07) is 12.2. The Morgan fingerprint density at radius 2 is 1.58 bits per heavy atom. The lowest BCUT2D eigenvalue weighted by molar-refractivity contribution is -0.113. The summed E-state index contributed by atoms with van der Waals surface area (Å²) < 4.78 is 15.9. The Morgan fingerprint density at radius 3 is 2.27 bits per heavy atom. The molecule has 0 aromatic heterocycles. The number of amides is 2. The van der Waals surface area contributed by atoms with Gasteiger partial charge in [-0.2, -0.15) is 0 Å². The highest BCUT2D eigenvalue weighted by atomic mass is 32.2. The number of hydrogen-bond donors (Lipinski definition) is 0. The number of hydrogen-bond acceptors (Lipinski definition) is 6. The first kappa shape index (κ1) is 17.9. The van der Waals surface area contributed by atoms with E-state index in [0.717, 1.165) is 16.7 Å². The predicted octanol–water partition coefficient (Wildman–Crippen LogP) is 3.95. The SMILES string of the molecule is COc1ccccc1N1C(=O)SC(=Cc2cccc(OC)c2OC)C1=O. The molecule has 2 amide bonds. The summed E-state index contributed by atoms with van der Waals surface area (Å²) >= 11 is 0.870. The number of rotatable bonds is 5. The first-order valence-electron chi connectivity index (χ1n) is 7.72. The van der Waals surface area contributed by atoms with Crippen LogP contribution in [0.5, 0.6) is 17.2 Å². The number of nitrogens with zero attached hydrogens (tertiary/aromatic N) is 1. The molecule has 1 heterocycles. The molecule has 0 aliphatic carbocycles. The summed E-state index contributed by atoms with van der Waals surface area (Å²) in [5.74, 6) is 1.09. The Morgan fingerprint density at radius 1 is 0.885 bits per heavy atom. The van der Waals surface area contributed by atoms with Crippen LogP contribution in [0.2, 0.25) is 0 Å². The van der Waals surface area contributed by atoms with Crippen molar-refractivity contribution in [2.45, 2.75) is 0 Å². The van der Waals surface area contributed by atoms with Gasteiger partial charge in [-0.25, -0.2) is 4.90 Å². The summed E-state index contributed by atoms with van der Waals surface area (Å²) in [4.78, 5) is 26.7. The fourth-order valence-corrected chi connectivity index (χ4v) is 3.48. The van der Waals surface area contributed by atoms with E-state index in [9.17, 15) is 9.59 Å². The molecule has 0 saturated carbocycles. The van der Waals surface area contributed by atoms with Gasteiger partial charge in [0.1, 0.15) is 5.75 Å². The van der Waals surface area contributed by atoms with Crippen LogP contribution in [0.3, 0.4) is 0 Å². The quantitative estimate of drug-likeness (QED) is 0.742. The van der Waals surface area contributed by atoms with Gasteiger partial charge in [-0.1, -0.05) is 24.3 Å². The molecule has 3 rings (SSSR count). The minimum Gasteiger partial charge on any atom is -0.495 e. The van der Waals surface area contributed by atoms with Crippen molar-refractivity contribution in [3.8, 4) is 17.2 Å². The maximum Gasteiger partial charge on any atom is 0.298 e. The second-order valence-corrected chi connectivity index (χ2v) is 6.26. The van der Waals surface area contributed by atoms with Gasteiger partial charge in [0, 0.05) is 5.56 Å². The van der Waals surface area contributed by atoms with Crippen LogP contribution in [-0.4, -0.2) is 32.5 Å². The topological polar surface area (TPSA) is 65.1 Å². The third-order valence-electron chi connectivity index (χ3n) is 3.84. The lowest BCUT2D eigenvalue weighted by Gasteiger charge is -2.15. The number of benzene rings is 2. The van der Waals surface area contributed by atoms with E-state index < -0.39 is 5.91 Å². The molecular weight excluding hydrogens is 354 g/mol. The smallest absolute Gasteiger partial charge is 0.298 e. The monoisotopic (exact) mass is 371 g/mol. The minimum atomic E-state index is -0.408. The molecule has 0 atom stereocenters. The second kappa shape index (κ2) is 7.53. The van der Waals surface area contributed by atoms with Crippen LogP contribution in [-0.2, 0) is 4.79 Å². The number of ether oxygens (including phenoxy) is 3. The Bertz CT molecular complexity index is 893. The summed E-state index contributed by atoms with van der Waals surface area (Å²) in [5, 5.41) is -0.382. The van der Waals surface area contributed by atoms with Crippen LogP contribution in [0.15, 0.2) is 47.4 Å². The van der Waals surface area contributed by atoms with E-state index in [-0.39, 0.29) is 5.24 Å². The largest absolute Gasteiger partial charge is 0.495 e. The maximum atomic E-state index is 12.8. The van der Waals surface area contributed by atoms with Crippen molar-refractivity contribution in [2.24, 2.45) is 0 Å². The lowest BCUT2D eigenvalue weighted by Crippen LogP contribution is -2.28. The third kappa shape index (κ3) is 3.13. The van der Waals surface area contributed by atoms with Crippen LogP contribution in [0, 0.1) is 0 Å². The van der Waals surface area contributed by atoms with Gasteiger partial charge in [-0.05, 0) is 36.0 Å². The number of thioether (sulfide) groups is 1. The van der Waals surface area contributed by atoms with E-state index >= 15 is 0 Å². The zero-order chi connectivity index (χ0) is 18.7. The maximum absolute atomic E-state index is 12.8. The van der Waals surface area contributed by atoms with Crippen LogP contribution in [0.4, 0.5) is 10.5 Å². The first-order chi connectivity index (χ1) is 12.6. The number of para-hydroxylation sites is 3. The highest BCUT2D eigenvalue weighted by molar-refractivity contribution is 8.19. The van der Waals surface area contributed by atoms with Gasteiger partial charge >= 0.3 is 0 Å². The highest BCUT2D eigenvalue weighted by Crippen LogP contribution is 2.41. The van der Waals surface area contributed by atoms with Gasteiger partial charge < -0.3 is 14.2 Å². The summed E-state index contributed by atoms with van der Waals surface area (Å²) in [5.41, 5.74) is 1.07. The third-order valence-corrected chi connectivity index (χ3v) is 4.71. The minimum absolute atomic E-state index is 0.299. The van der Waals surface area contributed by atoms with E-state index in [0.29, 0.717) is 33.4 Å². The van der Waals surface area contributed by atoms with E-state index in [1.165, 1.54) is 21.3 Å². The second-order valence-electron chi connectivity index (χ2n) is 5.27. The molecule has 0 spiro atoms. The van der Waals surface area contributed by atoms with E-state index in [1.807, 2.05) is 0 Å². The van der Waals surface area contributed by atoms with Gasteiger partial charge in [0.2, 0.25) is 0 Å². The zero-order valence-electron chi connectivity index (χ0n) is 14.5. The molecule has 7 heteroatoms.